The second kappa shape index (κ2) is 7.73. The molecule has 2 aromatic heterocycles. The Kier molecular flexibility index (Phi) is 5.15. The van der Waals surface area contributed by atoms with E-state index in [0.29, 0.717) is 22.4 Å². The molecule has 1 N–H and O–H groups in total. The molecule has 28 heavy (non-hydrogen) atoms. The first-order valence-corrected chi connectivity index (χ1v) is 10.2. The van der Waals surface area contributed by atoms with Crippen molar-refractivity contribution < 1.29 is 4.79 Å². The minimum atomic E-state index is -0.0930. The number of carbonyl (C=O) groups is 1. The molecule has 0 bridgehead atoms. The Morgan fingerprint density at radius 1 is 1.18 bits per heavy atom. The van der Waals surface area contributed by atoms with E-state index in [1.807, 2.05) is 43.3 Å². The van der Waals surface area contributed by atoms with Gasteiger partial charge in [-0.3, -0.25) is 4.79 Å². The van der Waals surface area contributed by atoms with Gasteiger partial charge in [-0.05, 0) is 36.6 Å². The normalized spacial score (nSPS) is 11.1. The number of aromatic nitrogens is 3. The van der Waals surface area contributed by atoms with E-state index >= 15 is 0 Å². The number of rotatable bonds is 5. The van der Waals surface area contributed by atoms with Crippen LogP contribution in [-0.2, 0) is 17.6 Å². The zero-order chi connectivity index (χ0) is 19.7. The lowest BCUT2D eigenvalue weighted by molar-refractivity contribution is -0.115. The number of nitrogens with one attached hydrogen (secondary N) is 1. The lowest BCUT2D eigenvalue weighted by Gasteiger charge is -2.07. The lowest BCUT2D eigenvalue weighted by Crippen LogP contribution is -2.17. The highest BCUT2D eigenvalue weighted by atomic mass is 35.5. The van der Waals surface area contributed by atoms with Crippen LogP contribution in [0.4, 0.5) is 5.82 Å². The molecule has 0 radical (unpaired) electrons. The van der Waals surface area contributed by atoms with Crippen molar-refractivity contribution in [2.45, 2.75) is 26.7 Å². The highest BCUT2D eigenvalue weighted by molar-refractivity contribution is 7.20. The average molecular weight is 411 g/mol. The van der Waals surface area contributed by atoms with Crippen LogP contribution in [0, 0.1) is 6.92 Å². The molecule has 0 spiro atoms. The van der Waals surface area contributed by atoms with Crippen molar-refractivity contribution >= 4 is 44.9 Å². The minimum Gasteiger partial charge on any atom is -0.310 e. The molecule has 0 fully saturated rings. The van der Waals surface area contributed by atoms with E-state index in [0.717, 1.165) is 27.9 Å². The van der Waals surface area contributed by atoms with E-state index in [-0.39, 0.29) is 5.91 Å². The quantitative estimate of drug-likeness (QED) is 0.492. The van der Waals surface area contributed by atoms with Crippen LogP contribution in [0.25, 0.3) is 15.3 Å². The fourth-order valence-corrected chi connectivity index (χ4v) is 4.22. The zero-order valence-electron chi connectivity index (χ0n) is 15.6. The first-order valence-electron chi connectivity index (χ1n) is 9.03. The van der Waals surface area contributed by atoms with E-state index < -0.39 is 0 Å². The minimum absolute atomic E-state index is 0.0930. The van der Waals surface area contributed by atoms with Gasteiger partial charge in [-0.2, -0.15) is 9.78 Å². The summed E-state index contributed by atoms with van der Waals surface area (Å²) in [5.74, 6) is 0.507. The van der Waals surface area contributed by atoms with Crippen molar-refractivity contribution in [2.24, 2.45) is 0 Å². The summed E-state index contributed by atoms with van der Waals surface area (Å²) in [5.41, 5.74) is 3.77. The molecule has 7 heteroatoms. The average Bonchev–Trinajstić information content (AvgIpc) is 3.26. The summed E-state index contributed by atoms with van der Waals surface area (Å²) in [5, 5.41) is 8.72. The number of thiazole rings is 1. The highest BCUT2D eigenvalue weighted by Crippen LogP contribution is 2.31. The Balaban J connectivity index is 1.58. The number of halogens is 1. The number of aryl methyl sites for hydroxylation is 2. The maximum absolute atomic E-state index is 12.6. The van der Waals surface area contributed by atoms with Gasteiger partial charge in [0.25, 0.3) is 0 Å². The van der Waals surface area contributed by atoms with E-state index in [4.69, 9.17) is 11.6 Å². The first kappa shape index (κ1) is 18.7. The topological polar surface area (TPSA) is 59.8 Å². The van der Waals surface area contributed by atoms with Crippen LogP contribution in [0.3, 0.4) is 0 Å². The molecule has 142 valence electrons. The molecule has 0 atom stereocenters. The summed E-state index contributed by atoms with van der Waals surface area (Å²) in [6.07, 6.45) is 1.29. The predicted molar refractivity (Wildman–Crippen MR) is 115 cm³/mol. The number of fused-ring (bicyclic) bond motifs is 1. The molecular weight excluding hydrogens is 392 g/mol. The van der Waals surface area contributed by atoms with Crippen LogP contribution in [-0.4, -0.2) is 20.7 Å². The van der Waals surface area contributed by atoms with Crippen LogP contribution < -0.4 is 5.32 Å². The molecule has 0 aliphatic carbocycles. The van der Waals surface area contributed by atoms with Gasteiger partial charge < -0.3 is 5.32 Å². The molecule has 0 saturated carbocycles. The van der Waals surface area contributed by atoms with Gasteiger partial charge in [-0.15, -0.1) is 0 Å². The van der Waals surface area contributed by atoms with E-state index in [1.165, 1.54) is 16.9 Å². The summed E-state index contributed by atoms with van der Waals surface area (Å²) in [6, 6.07) is 15.6. The number of benzene rings is 2. The van der Waals surface area contributed by atoms with Gasteiger partial charge in [0.2, 0.25) is 11.0 Å². The van der Waals surface area contributed by atoms with Crippen molar-refractivity contribution in [3.63, 3.8) is 0 Å². The standard InChI is InChI=1S/C21H19ClN4OS/c1-3-14-7-9-15(10-8-14)12-19(27)23-18-11-13(2)25-26(18)21-24-20-16(22)5-4-6-17(20)28-21/h4-11H,3,12H2,1-2H3,(H,23,27). The molecule has 0 saturated heterocycles. The van der Waals surface area contributed by atoms with Crippen molar-refractivity contribution in [3.05, 3.63) is 70.4 Å². The van der Waals surface area contributed by atoms with Crippen molar-refractivity contribution in [1.29, 1.82) is 0 Å². The van der Waals surface area contributed by atoms with Crippen molar-refractivity contribution in [2.75, 3.05) is 5.32 Å². The van der Waals surface area contributed by atoms with Gasteiger partial charge >= 0.3 is 0 Å². The Labute approximate surface area is 172 Å². The van der Waals surface area contributed by atoms with Gasteiger partial charge in [-0.1, -0.05) is 60.2 Å². The highest BCUT2D eigenvalue weighted by Gasteiger charge is 2.15. The second-order valence-corrected chi connectivity index (χ2v) is 7.98. The third-order valence-electron chi connectivity index (χ3n) is 4.43. The third-order valence-corrected chi connectivity index (χ3v) is 5.74. The van der Waals surface area contributed by atoms with Gasteiger partial charge in [0, 0.05) is 6.07 Å². The Hall–Kier alpha value is -2.70. The molecule has 0 aliphatic heterocycles. The Bertz CT molecular complexity index is 1150. The third kappa shape index (κ3) is 3.79. The number of hydrogen-bond acceptors (Lipinski definition) is 4. The van der Waals surface area contributed by atoms with E-state index in [1.54, 1.807) is 4.68 Å². The maximum Gasteiger partial charge on any atom is 0.229 e. The molecule has 5 nitrogen and oxygen atoms in total. The van der Waals surface area contributed by atoms with Crippen LogP contribution >= 0.6 is 22.9 Å². The van der Waals surface area contributed by atoms with E-state index in [9.17, 15) is 4.79 Å². The largest absolute Gasteiger partial charge is 0.310 e. The summed E-state index contributed by atoms with van der Waals surface area (Å²) in [4.78, 5) is 17.2. The number of carbonyl (C=O) groups excluding carboxylic acids is 1. The van der Waals surface area contributed by atoms with Gasteiger partial charge in [-0.25, -0.2) is 4.98 Å². The van der Waals surface area contributed by atoms with Crippen molar-refractivity contribution in [1.82, 2.24) is 14.8 Å². The lowest BCUT2D eigenvalue weighted by atomic mass is 10.1. The summed E-state index contributed by atoms with van der Waals surface area (Å²) >= 11 is 7.72. The summed E-state index contributed by atoms with van der Waals surface area (Å²) in [7, 11) is 0. The predicted octanol–water partition coefficient (Wildman–Crippen LogP) is 5.19. The van der Waals surface area contributed by atoms with Crippen molar-refractivity contribution in [3.8, 4) is 5.13 Å². The van der Waals surface area contributed by atoms with Gasteiger partial charge in [0.15, 0.2) is 0 Å². The number of nitrogens with zero attached hydrogens (tertiary/aromatic N) is 3. The maximum atomic E-state index is 12.6. The summed E-state index contributed by atoms with van der Waals surface area (Å²) < 4.78 is 2.64. The number of anilines is 1. The van der Waals surface area contributed by atoms with Crippen LogP contribution in [0.1, 0.15) is 23.7 Å². The molecule has 0 aliphatic rings. The number of hydrogen-bond donors (Lipinski definition) is 1. The molecule has 4 rings (SSSR count). The zero-order valence-corrected chi connectivity index (χ0v) is 17.1. The number of amides is 1. The fraction of sp³-hybridized carbons (Fsp3) is 0.190. The Morgan fingerprint density at radius 2 is 1.93 bits per heavy atom. The van der Waals surface area contributed by atoms with Crippen LogP contribution in [0.5, 0.6) is 0 Å². The second-order valence-electron chi connectivity index (χ2n) is 6.56. The van der Waals surface area contributed by atoms with E-state index in [2.05, 4.69) is 34.5 Å². The monoisotopic (exact) mass is 410 g/mol. The molecule has 0 unspecified atom stereocenters. The van der Waals surface area contributed by atoms with Crippen LogP contribution in [0.15, 0.2) is 48.5 Å². The first-order chi connectivity index (χ1) is 13.5. The molecule has 4 aromatic rings. The fourth-order valence-electron chi connectivity index (χ4n) is 2.99. The number of para-hydroxylation sites is 1. The van der Waals surface area contributed by atoms with Gasteiger partial charge in [0.1, 0.15) is 11.3 Å². The molecular formula is C21H19ClN4OS. The SMILES string of the molecule is CCc1ccc(CC(=O)Nc2cc(C)nn2-c2nc3c(Cl)cccc3s2)cc1. The van der Waals surface area contributed by atoms with Crippen LogP contribution in [0.2, 0.25) is 5.02 Å². The molecule has 2 heterocycles. The summed E-state index contributed by atoms with van der Waals surface area (Å²) in [6.45, 7) is 4.00. The molecule has 2 aromatic carbocycles. The smallest absolute Gasteiger partial charge is 0.229 e. The molecule has 1 amide bonds. The Morgan fingerprint density at radius 3 is 2.64 bits per heavy atom. The van der Waals surface area contributed by atoms with Gasteiger partial charge in [0.05, 0.1) is 21.8 Å².